The number of hydrogen-bond acceptors (Lipinski definition) is 2. The van der Waals surface area contributed by atoms with Crippen LogP contribution in [0.15, 0.2) is 17.5 Å². The van der Waals surface area contributed by atoms with Gasteiger partial charge in [-0.3, -0.25) is 0 Å². The zero-order valence-corrected chi connectivity index (χ0v) is 12.6. The van der Waals surface area contributed by atoms with Crippen molar-refractivity contribution in [1.29, 1.82) is 0 Å². The van der Waals surface area contributed by atoms with E-state index in [9.17, 15) is 0 Å². The van der Waals surface area contributed by atoms with Crippen molar-refractivity contribution in [1.82, 2.24) is 5.32 Å². The van der Waals surface area contributed by atoms with Crippen molar-refractivity contribution in [2.45, 2.75) is 59.4 Å². The van der Waals surface area contributed by atoms with Crippen molar-refractivity contribution < 1.29 is 0 Å². The molecule has 0 spiro atoms. The van der Waals surface area contributed by atoms with Gasteiger partial charge in [-0.05, 0) is 42.7 Å². The van der Waals surface area contributed by atoms with Crippen LogP contribution in [-0.4, -0.2) is 12.6 Å². The van der Waals surface area contributed by atoms with Crippen LogP contribution in [0.25, 0.3) is 0 Å². The van der Waals surface area contributed by atoms with Crippen LogP contribution in [0.1, 0.15) is 51.8 Å². The SMILES string of the molecule is CCNC(CCCCc1cccs1)C(C)(C)C. The molecule has 0 aliphatic rings. The molecule has 1 rings (SSSR count). The van der Waals surface area contributed by atoms with Gasteiger partial charge in [0.15, 0.2) is 0 Å². The summed E-state index contributed by atoms with van der Waals surface area (Å²) in [6, 6.07) is 5.04. The molecule has 0 aromatic carbocycles. The second-order valence-electron chi connectivity index (χ2n) is 5.80. The van der Waals surface area contributed by atoms with E-state index >= 15 is 0 Å². The molecular formula is C15H27NS. The predicted octanol–water partition coefficient (Wildman–Crippen LogP) is 4.49. The highest BCUT2D eigenvalue weighted by atomic mass is 32.1. The summed E-state index contributed by atoms with van der Waals surface area (Å²) in [6.07, 6.45) is 5.19. The second-order valence-corrected chi connectivity index (χ2v) is 6.83. The molecule has 0 aliphatic carbocycles. The Bertz CT molecular complexity index is 284. The standard InChI is InChI=1S/C15H27NS/c1-5-16-14(15(2,3)4)11-7-6-9-13-10-8-12-17-13/h8,10,12,14,16H,5-7,9,11H2,1-4H3. The Morgan fingerprint density at radius 2 is 2.06 bits per heavy atom. The molecule has 1 N–H and O–H groups in total. The number of hydrogen-bond donors (Lipinski definition) is 1. The van der Waals surface area contributed by atoms with Crippen LogP contribution in [0, 0.1) is 5.41 Å². The van der Waals surface area contributed by atoms with Crippen molar-refractivity contribution in [2.24, 2.45) is 5.41 Å². The first-order chi connectivity index (χ1) is 8.04. The Balaban J connectivity index is 2.23. The van der Waals surface area contributed by atoms with Crippen LogP contribution < -0.4 is 5.32 Å². The molecule has 17 heavy (non-hydrogen) atoms. The lowest BCUT2D eigenvalue weighted by Crippen LogP contribution is -2.40. The van der Waals surface area contributed by atoms with Gasteiger partial charge in [-0.1, -0.05) is 40.2 Å². The zero-order valence-electron chi connectivity index (χ0n) is 11.8. The van der Waals surface area contributed by atoms with Crippen molar-refractivity contribution >= 4 is 11.3 Å². The molecule has 1 heterocycles. The molecule has 0 bridgehead atoms. The smallest absolute Gasteiger partial charge is 0.0115 e. The number of rotatable bonds is 7. The zero-order chi connectivity index (χ0) is 12.7. The maximum absolute atomic E-state index is 3.62. The number of thiophene rings is 1. The molecular weight excluding hydrogens is 226 g/mol. The number of nitrogens with one attached hydrogen (secondary N) is 1. The minimum absolute atomic E-state index is 0.374. The predicted molar refractivity (Wildman–Crippen MR) is 78.8 cm³/mol. The third-order valence-corrected chi connectivity index (χ3v) is 4.18. The summed E-state index contributed by atoms with van der Waals surface area (Å²) in [5.74, 6) is 0. The van der Waals surface area contributed by atoms with Gasteiger partial charge >= 0.3 is 0 Å². The molecule has 0 saturated carbocycles. The fourth-order valence-corrected chi connectivity index (χ4v) is 2.94. The summed E-state index contributed by atoms with van der Waals surface area (Å²) in [6.45, 7) is 10.3. The van der Waals surface area contributed by atoms with E-state index in [4.69, 9.17) is 0 Å². The van der Waals surface area contributed by atoms with Crippen molar-refractivity contribution in [2.75, 3.05) is 6.54 Å². The van der Waals surface area contributed by atoms with E-state index in [1.54, 1.807) is 0 Å². The molecule has 0 radical (unpaired) electrons. The van der Waals surface area contributed by atoms with Gasteiger partial charge < -0.3 is 5.32 Å². The van der Waals surface area contributed by atoms with Crippen LogP contribution in [0.4, 0.5) is 0 Å². The molecule has 1 aromatic rings. The fraction of sp³-hybridized carbons (Fsp3) is 0.733. The van der Waals surface area contributed by atoms with E-state index in [1.807, 2.05) is 11.3 Å². The highest BCUT2D eigenvalue weighted by molar-refractivity contribution is 7.09. The van der Waals surface area contributed by atoms with Gasteiger partial charge in [0, 0.05) is 10.9 Å². The Morgan fingerprint density at radius 3 is 2.59 bits per heavy atom. The Kier molecular flexibility index (Phi) is 6.21. The molecule has 0 amide bonds. The topological polar surface area (TPSA) is 12.0 Å². The fourth-order valence-electron chi connectivity index (χ4n) is 2.19. The number of aryl methyl sites for hydroxylation is 1. The van der Waals surface area contributed by atoms with Gasteiger partial charge in [0.05, 0.1) is 0 Å². The number of unbranched alkanes of at least 4 members (excludes halogenated alkanes) is 1. The first-order valence-electron chi connectivity index (χ1n) is 6.79. The third kappa shape index (κ3) is 5.69. The summed E-state index contributed by atoms with van der Waals surface area (Å²) < 4.78 is 0. The molecule has 98 valence electrons. The van der Waals surface area contributed by atoms with E-state index in [1.165, 1.54) is 30.6 Å². The van der Waals surface area contributed by atoms with E-state index in [2.05, 4.69) is 50.5 Å². The Labute approximate surface area is 111 Å². The Morgan fingerprint density at radius 1 is 1.29 bits per heavy atom. The summed E-state index contributed by atoms with van der Waals surface area (Å²) in [7, 11) is 0. The first kappa shape index (κ1) is 14.7. The van der Waals surface area contributed by atoms with Crippen LogP contribution >= 0.6 is 11.3 Å². The summed E-state index contributed by atoms with van der Waals surface area (Å²) in [5.41, 5.74) is 0.374. The largest absolute Gasteiger partial charge is 0.314 e. The molecule has 1 aromatic heterocycles. The van der Waals surface area contributed by atoms with Gasteiger partial charge in [-0.15, -0.1) is 11.3 Å². The summed E-state index contributed by atoms with van der Waals surface area (Å²) >= 11 is 1.88. The lowest BCUT2D eigenvalue weighted by atomic mass is 9.83. The molecule has 2 heteroatoms. The minimum atomic E-state index is 0.374. The van der Waals surface area contributed by atoms with E-state index in [0.717, 1.165) is 6.54 Å². The Hall–Kier alpha value is -0.340. The minimum Gasteiger partial charge on any atom is -0.314 e. The molecule has 1 unspecified atom stereocenters. The maximum Gasteiger partial charge on any atom is 0.0115 e. The van der Waals surface area contributed by atoms with Crippen molar-refractivity contribution in [3.8, 4) is 0 Å². The van der Waals surface area contributed by atoms with E-state index in [0.29, 0.717) is 11.5 Å². The maximum atomic E-state index is 3.62. The monoisotopic (exact) mass is 253 g/mol. The highest BCUT2D eigenvalue weighted by Crippen LogP contribution is 2.24. The van der Waals surface area contributed by atoms with E-state index in [-0.39, 0.29) is 0 Å². The van der Waals surface area contributed by atoms with E-state index < -0.39 is 0 Å². The summed E-state index contributed by atoms with van der Waals surface area (Å²) in [4.78, 5) is 1.53. The molecule has 1 atom stereocenters. The highest BCUT2D eigenvalue weighted by Gasteiger charge is 2.22. The molecule has 0 fully saturated rings. The average Bonchev–Trinajstić information content (AvgIpc) is 2.74. The average molecular weight is 253 g/mol. The van der Waals surface area contributed by atoms with Gasteiger partial charge in [0.25, 0.3) is 0 Å². The van der Waals surface area contributed by atoms with Crippen LogP contribution in [0.5, 0.6) is 0 Å². The first-order valence-corrected chi connectivity index (χ1v) is 7.67. The van der Waals surface area contributed by atoms with Crippen molar-refractivity contribution in [3.05, 3.63) is 22.4 Å². The van der Waals surface area contributed by atoms with Crippen LogP contribution in [-0.2, 0) is 6.42 Å². The van der Waals surface area contributed by atoms with Gasteiger partial charge in [0.1, 0.15) is 0 Å². The lowest BCUT2D eigenvalue weighted by Gasteiger charge is -2.31. The second kappa shape index (κ2) is 7.17. The third-order valence-electron chi connectivity index (χ3n) is 3.24. The lowest BCUT2D eigenvalue weighted by molar-refractivity contribution is 0.253. The van der Waals surface area contributed by atoms with Gasteiger partial charge in [-0.2, -0.15) is 0 Å². The molecule has 0 aliphatic heterocycles. The molecule has 1 nitrogen and oxygen atoms in total. The van der Waals surface area contributed by atoms with Crippen LogP contribution in [0.2, 0.25) is 0 Å². The molecule has 0 saturated heterocycles. The van der Waals surface area contributed by atoms with Crippen LogP contribution in [0.3, 0.4) is 0 Å². The van der Waals surface area contributed by atoms with Gasteiger partial charge in [-0.25, -0.2) is 0 Å². The quantitative estimate of drug-likeness (QED) is 0.706. The summed E-state index contributed by atoms with van der Waals surface area (Å²) in [5, 5.41) is 5.79. The normalized spacial score (nSPS) is 13.9. The van der Waals surface area contributed by atoms with Crippen molar-refractivity contribution in [3.63, 3.8) is 0 Å². The van der Waals surface area contributed by atoms with Gasteiger partial charge in [0.2, 0.25) is 0 Å².